The van der Waals surface area contributed by atoms with Gasteiger partial charge in [0.15, 0.2) is 6.67 Å². The van der Waals surface area contributed by atoms with E-state index >= 15 is 0 Å². The maximum Gasteiger partial charge on any atom is 0.332 e. The molecule has 0 unspecified atom stereocenters. The Hall–Kier alpha value is -0.540. The van der Waals surface area contributed by atoms with Crippen molar-refractivity contribution in [2.45, 2.75) is 12.8 Å². The van der Waals surface area contributed by atoms with Crippen LogP contribution < -0.4 is 0 Å². The first-order chi connectivity index (χ1) is 3.50. The molecule has 0 aromatic rings. The van der Waals surface area contributed by atoms with Gasteiger partial charge in [0.2, 0.25) is 5.78 Å². The van der Waals surface area contributed by atoms with Crippen LogP contribution in [0.2, 0.25) is 0 Å². The van der Waals surface area contributed by atoms with Gasteiger partial charge in [-0.2, -0.15) is 8.78 Å². The Kier molecular flexibility index (Phi) is 2.01. The van der Waals surface area contributed by atoms with Gasteiger partial charge in [-0.1, -0.05) is 0 Å². The van der Waals surface area contributed by atoms with Crippen molar-refractivity contribution in [3.05, 3.63) is 0 Å². The van der Waals surface area contributed by atoms with Crippen molar-refractivity contribution < 1.29 is 18.0 Å². The van der Waals surface area contributed by atoms with Gasteiger partial charge in [0.25, 0.3) is 0 Å². The quantitative estimate of drug-likeness (QED) is 0.543. The molecule has 8 heavy (non-hydrogen) atoms. The smallest absolute Gasteiger partial charge is 0.293 e. The lowest BCUT2D eigenvalue weighted by Crippen LogP contribution is -2.27. The number of hydrogen-bond acceptors (Lipinski definition) is 1. The lowest BCUT2D eigenvalue weighted by molar-refractivity contribution is -0.142. The van der Waals surface area contributed by atoms with Gasteiger partial charge >= 0.3 is 5.92 Å². The van der Waals surface area contributed by atoms with Crippen LogP contribution in [0.15, 0.2) is 0 Å². The second-order valence-corrected chi connectivity index (χ2v) is 1.39. The van der Waals surface area contributed by atoms with Crippen LogP contribution in [-0.4, -0.2) is 18.4 Å². The molecule has 0 aromatic heterocycles. The SMILES string of the molecule is CC(=O)C(F)(F)CF. The van der Waals surface area contributed by atoms with Crippen LogP contribution >= 0.6 is 0 Å². The molecule has 48 valence electrons. The minimum absolute atomic E-state index is 0.652. The van der Waals surface area contributed by atoms with E-state index in [1.54, 1.807) is 0 Å². The number of Topliss-reactive ketones (excluding diaryl/α,β-unsaturated/α-hetero) is 1. The molecule has 0 aromatic carbocycles. The molecule has 0 N–H and O–H groups in total. The Labute approximate surface area is 44.5 Å². The van der Waals surface area contributed by atoms with Gasteiger partial charge in [-0.3, -0.25) is 4.79 Å². The van der Waals surface area contributed by atoms with Crippen molar-refractivity contribution in [3.8, 4) is 0 Å². The van der Waals surface area contributed by atoms with Crippen LogP contribution in [0, 0.1) is 0 Å². The Morgan fingerprint density at radius 3 is 2.00 bits per heavy atom. The molecule has 0 bridgehead atoms. The summed E-state index contributed by atoms with van der Waals surface area (Å²) < 4.78 is 34.2. The minimum Gasteiger partial charge on any atom is -0.293 e. The molecule has 0 heterocycles. The van der Waals surface area contributed by atoms with Crippen LogP contribution in [0.5, 0.6) is 0 Å². The van der Waals surface area contributed by atoms with E-state index in [4.69, 9.17) is 0 Å². The average molecular weight is 126 g/mol. The lowest BCUT2D eigenvalue weighted by Gasteiger charge is -2.04. The zero-order chi connectivity index (χ0) is 6.78. The van der Waals surface area contributed by atoms with Crippen molar-refractivity contribution in [3.63, 3.8) is 0 Å². The fourth-order valence-electron chi connectivity index (χ4n) is 0.0941. The molecule has 4 heteroatoms. The van der Waals surface area contributed by atoms with Crippen molar-refractivity contribution in [1.82, 2.24) is 0 Å². The summed E-state index contributed by atoms with van der Waals surface area (Å²) in [5.41, 5.74) is 0. The number of carbonyl (C=O) groups excluding carboxylic acids is 1. The number of rotatable bonds is 2. The monoisotopic (exact) mass is 126 g/mol. The van der Waals surface area contributed by atoms with Crippen molar-refractivity contribution in [2.75, 3.05) is 6.67 Å². The van der Waals surface area contributed by atoms with E-state index in [0.717, 1.165) is 0 Å². The molecule has 1 nitrogen and oxygen atoms in total. The molecule has 0 rings (SSSR count). The Balaban J connectivity index is 3.91. The first-order valence-corrected chi connectivity index (χ1v) is 1.95. The van der Waals surface area contributed by atoms with Gasteiger partial charge in [0.05, 0.1) is 0 Å². The van der Waals surface area contributed by atoms with E-state index in [9.17, 15) is 18.0 Å². The topological polar surface area (TPSA) is 17.1 Å². The third kappa shape index (κ3) is 1.52. The van der Waals surface area contributed by atoms with Gasteiger partial charge in [-0.15, -0.1) is 0 Å². The minimum atomic E-state index is -3.76. The molecule has 0 fully saturated rings. The van der Waals surface area contributed by atoms with Crippen molar-refractivity contribution in [1.29, 1.82) is 0 Å². The number of halogens is 3. The van der Waals surface area contributed by atoms with E-state index in [1.807, 2.05) is 0 Å². The van der Waals surface area contributed by atoms with Gasteiger partial charge in [-0.25, -0.2) is 4.39 Å². The van der Waals surface area contributed by atoms with E-state index in [1.165, 1.54) is 0 Å². The number of ketones is 1. The molecule has 0 radical (unpaired) electrons. The zero-order valence-electron chi connectivity index (χ0n) is 4.25. The summed E-state index contributed by atoms with van der Waals surface area (Å²) in [6.07, 6.45) is 0. The molecular formula is C4H5F3O. The van der Waals surface area contributed by atoms with Gasteiger partial charge in [-0.05, 0) is 0 Å². The van der Waals surface area contributed by atoms with Gasteiger partial charge in [0.1, 0.15) is 0 Å². The third-order valence-electron chi connectivity index (χ3n) is 0.683. The average Bonchev–Trinajstić information content (AvgIpc) is 1.67. The molecule has 0 aliphatic rings. The summed E-state index contributed by atoms with van der Waals surface area (Å²) in [4.78, 5) is 9.71. The predicted octanol–water partition coefficient (Wildman–Crippen LogP) is 1.18. The molecule has 0 spiro atoms. The first kappa shape index (κ1) is 7.46. The maximum atomic E-state index is 11.6. The molecular weight excluding hydrogens is 121 g/mol. The zero-order valence-corrected chi connectivity index (χ0v) is 4.25. The normalized spacial score (nSPS) is 11.5. The highest BCUT2D eigenvalue weighted by atomic mass is 19.3. The van der Waals surface area contributed by atoms with Gasteiger partial charge in [0, 0.05) is 6.92 Å². The van der Waals surface area contributed by atoms with Gasteiger partial charge < -0.3 is 0 Å². The molecule has 0 atom stereocenters. The first-order valence-electron chi connectivity index (χ1n) is 1.95. The Morgan fingerprint density at radius 2 is 2.00 bits per heavy atom. The van der Waals surface area contributed by atoms with Crippen LogP contribution in [-0.2, 0) is 4.79 Å². The summed E-state index contributed by atoms with van der Waals surface area (Å²) in [7, 11) is 0. The molecule has 0 aliphatic carbocycles. The predicted molar refractivity (Wildman–Crippen MR) is 21.6 cm³/mol. The summed E-state index contributed by atoms with van der Waals surface area (Å²) in [6.45, 7) is -1.25. The lowest BCUT2D eigenvalue weighted by atomic mass is 10.3. The number of carbonyl (C=O) groups is 1. The number of hydrogen-bond donors (Lipinski definition) is 0. The van der Waals surface area contributed by atoms with E-state index in [-0.39, 0.29) is 0 Å². The molecule has 0 saturated carbocycles. The summed E-state index contributed by atoms with van der Waals surface area (Å²) >= 11 is 0. The summed E-state index contributed by atoms with van der Waals surface area (Å²) in [5, 5.41) is 0. The molecule has 0 amide bonds. The summed E-state index contributed by atoms with van der Waals surface area (Å²) in [6, 6.07) is 0. The van der Waals surface area contributed by atoms with Crippen LogP contribution in [0.3, 0.4) is 0 Å². The third-order valence-corrected chi connectivity index (χ3v) is 0.683. The Bertz CT molecular complexity index is 99.5. The van der Waals surface area contributed by atoms with Crippen LogP contribution in [0.25, 0.3) is 0 Å². The highest BCUT2D eigenvalue weighted by Gasteiger charge is 2.34. The van der Waals surface area contributed by atoms with Crippen LogP contribution in [0.4, 0.5) is 13.2 Å². The van der Waals surface area contributed by atoms with Crippen molar-refractivity contribution >= 4 is 5.78 Å². The largest absolute Gasteiger partial charge is 0.332 e. The van der Waals surface area contributed by atoms with Crippen molar-refractivity contribution in [2.24, 2.45) is 0 Å². The Morgan fingerprint density at radius 1 is 1.62 bits per heavy atom. The maximum absolute atomic E-state index is 11.6. The molecule has 0 saturated heterocycles. The van der Waals surface area contributed by atoms with E-state index in [2.05, 4.69) is 0 Å². The van der Waals surface area contributed by atoms with E-state index < -0.39 is 18.4 Å². The highest BCUT2D eigenvalue weighted by molar-refractivity contribution is 5.83. The fraction of sp³-hybridized carbons (Fsp3) is 0.750. The number of alkyl halides is 3. The standard InChI is InChI=1S/C4H5F3O/c1-3(8)4(6,7)2-5/h2H2,1H3. The second-order valence-electron chi connectivity index (χ2n) is 1.39. The fourth-order valence-corrected chi connectivity index (χ4v) is 0.0941. The highest BCUT2D eigenvalue weighted by Crippen LogP contribution is 2.13. The van der Waals surface area contributed by atoms with E-state index in [0.29, 0.717) is 6.92 Å². The second kappa shape index (κ2) is 2.15. The van der Waals surface area contributed by atoms with Crippen LogP contribution in [0.1, 0.15) is 6.92 Å². The molecule has 0 aliphatic heterocycles. The summed E-state index contributed by atoms with van der Waals surface area (Å²) in [5.74, 6) is -5.19.